The first-order valence-electron chi connectivity index (χ1n) is 9.82. The first-order chi connectivity index (χ1) is 13.6. The molecule has 1 aromatic heterocycles. The zero-order valence-electron chi connectivity index (χ0n) is 15.9. The molecule has 0 unspecified atom stereocenters. The average Bonchev–Trinajstić information content (AvgIpc) is 3.16. The summed E-state index contributed by atoms with van der Waals surface area (Å²) < 4.78 is 0. The molecular weight excluding hydrogens is 374 g/mol. The van der Waals surface area contributed by atoms with E-state index >= 15 is 0 Å². The van der Waals surface area contributed by atoms with Crippen molar-refractivity contribution in [1.82, 2.24) is 14.8 Å². The van der Waals surface area contributed by atoms with Crippen LogP contribution in [0.5, 0.6) is 0 Å². The van der Waals surface area contributed by atoms with Crippen molar-refractivity contribution < 1.29 is 4.79 Å². The SMILES string of the molecule is N[C@@H]1CCN(C(=O)c2cccnc2N2CCN(Cc3ccc(Cl)cc3)CC2)C1. The Morgan fingerprint density at radius 1 is 1.11 bits per heavy atom. The molecule has 2 aliphatic rings. The number of hydrogen-bond acceptors (Lipinski definition) is 5. The van der Waals surface area contributed by atoms with Crippen molar-refractivity contribution >= 4 is 23.3 Å². The largest absolute Gasteiger partial charge is 0.353 e. The summed E-state index contributed by atoms with van der Waals surface area (Å²) in [7, 11) is 0. The van der Waals surface area contributed by atoms with Crippen molar-refractivity contribution in [2.75, 3.05) is 44.2 Å². The fraction of sp³-hybridized carbons (Fsp3) is 0.429. The van der Waals surface area contributed by atoms with E-state index in [1.165, 1.54) is 5.56 Å². The van der Waals surface area contributed by atoms with Crippen LogP contribution in [0.25, 0.3) is 0 Å². The lowest BCUT2D eigenvalue weighted by atomic mass is 10.1. The molecule has 0 saturated carbocycles. The first-order valence-corrected chi connectivity index (χ1v) is 10.2. The molecule has 1 atom stereocenters. The number of likely N-dealkylation sites (tertiary alicyclic amines) is 1. The van der Waals surface area contributed by atoms with Gasteiger partial charge in [-0.2, -0.15) is 0 Å². The third kappa shape index (κ3) is 4.29. The van der Waals surface area contributed by atoms with E-state index in [4.69, 9.17) is 17.3 Å². The Morgan fingerprint density at radius 2 is 1.86 bits per heavy atom. The molecule has 0 spiro atoms. The lowest BCUT2D eigenvalue weighted by Crippen LogP contribution is -2.47. The van der Waals surface area contributed by atoms with E-state index < -0.39 is 0 Å². The van der Waals surface area contributed by atoms with Gasteiger partial charge in [-0.15, -0.1) is 0 Å². The van der Waals surface area contributed by atoms with Crippen LogP contribution in [0.1, 0.15) is 22.3 Å². The van der Waals surface area contributed by atoms with Gasteiger partial charge in [-0.3, -0.25) is 9.69 Å². The van der Waals surface area contributed by atoms with E-state index in [-0.39, 0.29) is 11.9 Å². The summed E-state index contributed by atoms with van der Waals surface area (Å²) in [6.07, 6.45) is 2.63. The molecule has 28 heavy (non-hydrogen) atoms. The van der Waals surface area contributed by atoms with Gasteiger partial charge >= 0.3 is 0 Å². The Kier molecular flexibility index (Phi) is 5.80. The summed E-state index contributed by atoms with van der Waals surface area (Å²) in [5.41, 5.74) is 7.92. The topological polar surface area (TPSA) is 65.7 Å². The number of rotatable bonds is 4. The van der Waals surface area contributed by atoms with Gasteiger partial charge in [0.25, 0.3) is 5.91 Å². The van der Waals surface area contributed by atoms with Crippen LogP contribution in [-0.4, -0.2) is 66.0 Å². The second-order valence-electron chi connectivity index (χ2n) is 7.56. The van der Waals surface area contributed by atoms with Crippen LogP contribution in [0.4, 0.5) is 5.82 Å². The van der Waals surface area contributed by atoms with Crippen molar-refractivity contribution in [1.29, 1.82) is 0 Å². The van der Waals surface area contributed by atoms with Gasteiger partial charge < -0.3 is 15.5 Å². The van der Waals surface area contributed by atoms with Gasteiger partial charge in [-0.25, -0.2) is 4.98 Å². The maximum atomic E-state index is 13.0. The fourth-order valence-electron chi connectivity index (χ4n) is 3.92. The standard InChI is InChI=1S/C21H26ClN5O/c22-17-5-3-16(4-6-17)14-25-10-12-26(13-11-25)20-19(2-1-8-24-20)21(28)27-9-7-18(23)15-27/h1-6,8,18H,7,9-15,23H2/t18-/m1/s1. The van der Waals surface area contributed by atoms with Crippen LogP contribution in [-0.2, 0) is 6.54 Å². The van der Waals surface area contributed by atoms with Gasteiger partial charge in [0, 0.05) is 63.1 Å². The number of benzene rings is 1. The Morgan fingerprint density at radius 3 is 2.54 bits per heavy atom. The van der Waals surface area contributed by atoms with Crippen molar-refractivity contribution in [3.05, 3.63) is 58.7 Å². The molecule has 0 radical (unpaired) electrons. The number of anilines is 1. The summed E-state index contributed by atoms with van der Waals surface area (Å²) >= 11 is 5.97. The minimum Gasteiger partial charge on any atom is -0.353 e. The average molecular weight is 400 g/mol. The highest BCUT2D eigenvalue weighted by molar-refractivity contribution is 6.30. The van der Waals surface area contributed by atoms with Crippen LogP contribution < -0.4 is 10.6 Å². The van der Waals surface area contributed by atoms with Gasteiger partial charge in [-0.1, -0.05) is 23.7 Å². The zero-order valence-corrected chi connectivity index (χ0v) is 16.7. The fourth-order valence-corrected chi connectivity index (χ4v) is 4.05. The molecule has 3 heterocycles. The quantitative estimate of drug-likeness (QED) is 0.854. The smallest absolute Gasteiger partial charge is 0.257 e. The Bertz CT molecular complexity index is 820. The number of piperazine rings is 1. The molecule has 2 saturated heterocycles. The molecule has 2 fully saturated rings. The normalized spacial score (nSPS) is 20.6. The number of hydrogen-bond donors (Lipinski definition) is 1. The van der Waals surface area contributed by atoms with Gasteiger partial charge in [0.05, 0.1) is 5.56 Å². The van der Waals surface area contributed by atoms with Crippen molar-refractivity contribution in [2.45, 2.75) is 19.0 Å². The maximum absolute atomic E-state index is 13.0. The van der Waals surface area contributed by atoms with E-state index in [1.807, 2.05) is 29.2 Å². The lowest BCUT2D eigenvalue weighted by Gasteiger charge is -2.36. The number of halogens is 1. The molecule has 0 aliphatic carbocycles. The van der Waals surface area contributed by atoms with Gasteiger partial charge in [-0.05, 0) is 36.2 Å². The van der Waals surface area contributed by atoms with Gasteiger partial charge in [0.15, 0.2) is 0 Å². The molecule has 1 amide bonds. The summed E-state index contributed by atoms with van der Waals surface area (Å²) in [6, 6.07) is 11.8. The van der Waals surface area contributed by atoms with E-state index in [0.717, 1.165) is 56.5 Å². The third-order valence-corrected chi connectivity index (χ3v) is 5.77. The lowest BCUT2D eigenvalue weighted by molar-refractivity contribution is 0.0791. The zero-order chi connectivity index (χ0) is 19.5. The molecular formula is C21H26ClN5O. The number of nitrogens with zero attached hydrogens (tertiary/aromatic N) is 4. The maximum Gasteiger partial charge on any atom is 0.257 e. The second kappa shape index (κ2) is 8.47. The Labute approximate surface area is 170 Å². The number of amides is 1. The van der Waals surface area contributed by atoms with E-state index in [0.29, 0.717) is 12.1 Å². The Hall–Kier alpha value is -2.15. The van der Waals surface area contributed by atoms with Gasteiger partial charge in [0.2, 0.25) is 0 Å². The van der Waals surface area contributed by atoms with Crippen LogP contribution >= 0.6 is 11.6 Å². The summed E-state index contributed by atoms with van der Waals surface area (Å²) in [5, 5.41) is 0.764. The van der Waals surface area contributed by atoms with Gasteiger partial charge in [0.1, 0.15) is 5.82 Å². The number of aromatic nitrogens is 1. The number of carbonyl (C=O) groups excluding carboxylic acids is 1. The summed E-state index contributed by atoms with van der Waals surface area (Å²) in [4.78, 5) is 24.0. The van der Waals surface area contributed by atoms with Crippen LogP contribution in [0.3, 0.4) is 0 Å². The molecule has 1 aromatic carbocycles. The number of nitrogens with two attached hydrogens (primary N) is 1. The minimum absolute atomic E-state index is 0.0413. The molecule has 0 bridgehead atoms. The minimum atomic E-state index is 0.0413. The highest BCUT2D eigenvalue weighted by Gasteiger charge is 2.28. The Balaban J connectivity index is 1.40. The van der Waals surface area contributed by atoms with Crippen molar-refractivity contribution in [3.63, 3.8) is 0 Å². The summed E-state index contributed by atoms with van der Waals surface area (Å²) in [5.74, 6) is 0.832. The molecule has 4 rings (SSSR count). The second-order valence-corrected chi connectivity index (χ2v) is 8.00. The predicted octanol–water partition coefficient (Wildman–Crippen LogP) is 2.23. The van der Waals surface area contributed by atoms with E-state index in [2.05, 4.69) is 26.9 Å². The van der Waals surface area contributed by atoms with Crippen LogP contribution in [0.15, 0.2) is 42.6 Å². The van der Waals surface area contributed by atoms with Crippen LogP contribution in [0.2, 0.25) is 5.02 Å². The molecule has 2 aliphatic heterocycles. The van der Waals surface area contributed by atoms with Crippen LogP contribution in [0, 0.1) is 0 Å². The van der Waals surface area contributed by atoms with E-state index in [1.54, 1.807) is 6.20 Å². The molecule has 2 aromatic rings. The first kappa shape index (κ1) is 19.2. The molecule has 2 N–H and O–H groups in total. The number of carbonyl (C=O) groups is 1. The highest BCUT2D eigenvalue weighted by Crippen LogP contribution is 2.23. The van der Waals surface area contributed by atoms with Crippen molar-refractivity contribution in [2.24, 2.45) is 5.73 Å². The summed E-state index contributed by atoms with van der Waals surface area (Å²) in [6.45, 7) is 5.83. The predicted molar refractivity (Wildman–Crippen MR) is 112 cm³/mol. The highest BCUT2D eigenvalue weighted by atomic mass is 35.5. The van der Waals surface area contributed by atoms with Crippen molar-refractivity contribution in [3.8, 4) is 0 Å². The van der Waals surface area contributed by atoms with E-state index in [9.17, 15) is 4.79 Å². The molecule has 7 heteroatoms. The monoisotopic (exact) mass is 399 g/mol. The third-order valence-electron chi connectivity index (χ3n) is 5.52. The molecule has 6 nitrogen and oxygen atoms in total. The molecule has 148 valence electrons. The number of pyridine rings is 1.